The summed E-state index contributed by atoms with van der Waals surface area (Å²) in [6.45, 7) is 16.9. The van der Waals surface area contributed by atoms with Crippen LogP contribution in [0.15, 0.2) is 4.99 Å². The maximum atomic E-state index is 5.51. The molecule has 2 rings (SSSR count). The molecule has 2 fully saturated rings. The van der Waals surface area contributed by atoms with Gasteiger partial charge >= 0.3 is 0 Å². The van der Waals surface area contributed by atoms with Crippen molar-refractivity contribution in [2.45, 2.75) is 45.4 Å². The molecule has 0 aromatic rings. The molecule has 2 aliphatic heterocycles. The molecule has 1 N–H and O–H groups in total. The van der Waals surface area contributed by atoms with Gasteiger partial charge in [-0.3, -0.25) is 9.89 Å². The SMILES string of the molecule is CCNC(=NCC(C(C)C)N1CCOCC1)N1CCSC(CC)C1. The number of ether oxygens (including phenoxy) is 1. The van der Waals surface area contributed by atoms with Crippen molar-refractivity contribution < 1.29 is 4.74 Å². The van der Waals surface area contributed by atoms with Gasteiger partial charge < -0.3 is 15.0 Å². The highest BCUT2D eigenvalue weighted by Crippen LogP contribution is 2.21. The van der Waals surface area contributed by atoms with Crippen LogP contribution in [0.4, 0.5) is 0 Å². The first-order chi connectivity index (χ1) is 11.7. The standard InChI is InChI=1S/C18H36N4OS/c1-5-16-14-22(9-12-24-16)18(19-6-2)20-13-17(15(3)4)21-7-10-23-11-8-21/h15-17H,5-14H2,1-4H3,(H,19,20). The molecule has 0 bridgehead atoms. The van der Waals surface area contributed by atoms with E-state index in [0.717, 1.165) is 63.7 Å². The largest absolute Gasteiger partial charge is 0.379 e. The second kappa shape index (κ2) is 10.5. The van der Waals surface area contributed by atoms with Gasteiger partial charge in [-0.05, 0) is 19.3 Å². The first-order valence-electron chi connectivity index (χ1n) is 9.62. The van der Waals surface area contributed by atoms with Crippen molar-refractivity contribution in [3.05, 3.63) is 0 Å². The molecule has 0 radical (unpaired) electrons. The third kappa shape index (κ3) is 5.81. The first-order valence-corrected chi connectivity index (χ1v) is 10.7. The zero-order chi connectivity index (χ0) is 17.4. The Morgan fingerprint density at radius 1 is 1.25 bits per heavy atom. The van der Waals surface area contributed by atoms with Gasteiger partial charge in [-0.15, -0.1) is 0 Å². The van der Waals surface area contributed by atoms with Gasteiger partial charge in [0.15, 0.2) is 5.96 Å². The van der Waals surface area contributed by atoms with Crippen molar-refractivity contribution in [3.63, 3.8) is 0 Å². The molecule has 2 atom stereocenters. The highest BCUT2D eigenvalue weighted by Gasteiger charge is 2.25. The molecule has 24 heavy (non-hydrogen) atoms. The Morgan fingerprint density at radius 2 is 2.00 bits per heavy atom. The van der Waals surface area contributed by atoms with E-state index in [2.05, 4.69) is 54.6 Å². The van der Waals surface area contributed by atoms with Crippen LogP contribution in [0.1, 0.15) is 34.1 Å². The smallest absolute Gasteiger partial charge is 0.194 e. The van der Waals surface area contributed by atoms with Gasteiger partial charge in [-0.2, -0.15) is 11.8 Å². The van der Waals surface area contributed by atoms with Crippen LogP contribution in [0.5, 0.6) is 0 Å². The molecule has 0 aromatic heterocycles. The van der Waals surface area contributed by atoms with Crippen molar-refractivity contribution >= 4 is 17.7 Å². The minimum Gasteiger partial charge on any atom is -0.379 e. The second-order valence-electron chi connectivity index (χ2n) is 7.00. The summed E-state index contributed by atoms with van der Waals surface area (Å²) in [7, 11) is 0. The average molecular weight is 357 g/mol. The van der Waals surface area contributed by atoms with Crippen LogP contribution >= 0.6 is 11.8 Å². The van der Waals surface area contributed by atoms with Crippen LogP contribution in [-0.4, -0.2) is 85.3 Å². The van der Waals surface area contributed by atoms with E-state index in [0.29, 0.717) is 12.0 Å². The van der Waals surface area contributed by atoms with Crippen LogP contribution in [0.3, 0.4) is 0 Å². The zero-order valence-electron chi connectivity index (χ0n) is 16.0. The second-order valence-corrected chi connectivity index (χ2v) is 8.41. The Bertz CT molecular complexity index is 385. The van der Waals surface area contributed by atoms with Gasteiger partial charge in [0, 0.05) is 49.8 Å². The molecule has 2 unspecified atom stereocenters. The molecule has 0 spiro atoms. The number of morpholine rings is 1. The fourth-order valence-corrected chi connectivity index (χ4v) is 4.60. The van der Waals surface area contributed by atoms with E-state index in [1.165, 1.54) is 12.2 Å². The quantitative estimate of drug-likeness (QED) is 0.583. The normalized spacial score (nSPS) is 25.1. The summed E-state index contributed by atoms with van der Waals surface area (Å²) >= 11 is 2.11. The van der Waals surface area contributed by atoms with Gasteiger partial charge in [0.2, 0.25) is 0 Å². The molecule has 6 heteroatoms. The van der Waals surface area contributed by atoms with Crippen molar-refractivity contribution in [2.24, 2.45) is 10.9 Å². The minimum atomic E-state index is 0.503. The summed E-state index contributed by atoms with van der Waals surface area (Å²) in [6, 6.07) is 0.503. The third-order valence-electron chi connectivity index (χ3n) is 4.94. The molecule has 0 amide bonds. The first kappa shape index (κ1) is 19.9. The summed E-state index contributed by atoms with van der Waals surface area (Å²) in [6.07, 6.45) is 1.24. The molecular formula is C18H36N4OS. The molecule has 0 saturated carbocycles. The number of hydrogen-bond donors (Lipinski definition) is 1. The number of nitrogens with zero attached hydrogens (tertiary/aromatic N) is 3. The van der Waals surface area contributed by atoms with E-state index in [1.54, 1.807) is 0 Å². The average Bonchev–Trinajstić information content (AvgIpc) is 2.61. The lowest BCUT2D eigenvalue weighted by atomic mass is 10.0. The van der Waals surface area contributed by atoms with Crippen LogP contribution in [0.25, 0.3) is 0 Å². The van der Waals surface area contributed by atoms with Gasteiger partial charge in [0.25, 0.3) is 0 Å². The number of guanidine groups is 1. The maximum Gasteiger partial charge on any atom is 0.194 e. The summed E-state index contributed by atoms with van der Waals surface area (Å²) in [5.74, 6) is 2.92. The molecule has 2 saturated heterocycles. The Balaban J connectivity index is 2.01. The summed E-state index contributed by atoms with van der Waals surface area (Å²) < 4.78 is 5.51. The van der Waals surface area contributed by atoms with Gasteiger partial charge in [-0.1, -0.05) is 20.8 Å². The monoisotopic (exact) mass is 356 g/mol. The lowest BCUT2D eigenvalue weighted by molar-refractivity contribution is 0.00863. The lowest BCUT2D eigenvalue weighted by Crippen LogP contribution is -2.50. The fraction of sp³-hybridized carbons (Fsp3) is 0.944. The van der Waals surface area contributed by atoms with Crippen molar-refractivity contribution in [1.29, 1.82) is 0 Å². The Kier molecular flexibility index (Phi) is 8.70. The predicted octanol–water partition coefficient (Wildman–Crippen LogP) is 2.14. The minimum absolute atomic E-state index is 0.503. The number of aliphatic imine (C=N–C) groups is 1. The van der Waals surface area contributed by atoms with Crippen molar-refractivity contribution in [2.75, 3.05) is 58.2 Å². The molecular weight excluding hydrogens is 320 g/mol. The topological polar surface area (TPSA) is 40.1 Å². The van der Waals surface area contributed by atoms with E-state index < -0.39 is 0 Å². The molecule has 0 aromatic carbocycles. The van der Waals surface area contributed by atoms with E-state index in [9.17, 15) is 0 Å². The predicted molar refractivity (Wildman–Crippen MR) is 105 cm³/mol. The molecule has 140 valence electrons. The molecule has 5 nitrogen and oxygen atoms in total. The van der Waals surface area contributed by atoms with Crippen LogP contribution in [0.2, 0.25) is 0 Å². The van der Waals surface area contributed by atoms with E-state index in [4.69, 9.17) is 9.73 Å². The Morgan fingerprint density at radius 3 is 2.62 bits per heavy atom. The van der Waals surface area contributed by atoms with Crippen LogP contribution in [0, 0.1) is 5.92 Å². The van der Waals surface area contributed by atoms with Crippen LogP contribution in [-0.2, 0) is 4.74 Å². The van der Waals surface area contributed by atoms with Gasteiger partial charge in [-0.25, -0.2) is 0 Å². The summed E-state index contributed by atoms with van der Waals surface area (Å²) in [5, 5.41) is 4.26. The highest BCUT2D eigenvalue weighted by atomic mass is 32.2. The molecule has 2 heterocycles. The van der Waals surface area contributed by atoms with E-state index in [1.807, 2.05) is 0 Å². The number of hydrogen-bond acceptors (Lipinski definition) is 4. The van der Waals surface area contributed by atoms with E-state index in [-0.39, 0.29) is 0 Å². The zero-order valence-corrected chi connectivity index (χ0v) is 16.8. The highest BCUT2D eigenvalue weighted by molar-refractivity contribution is 8.00. The van der Waals surface area contributed by atoms with Crippen LogP contribution < -0.4 is 5.32 Å². The molecule has 0 aliphatic carbocycles. The number of nitrogens with one attached hydrogen (secondary N) is 1. The lowest BCUT2D eigenvalue weighted by Gasteiger charge is -2.37. The maximum absolute atomic E-state index is 5.51. The summed E-state index contributed by atoms with van der Waals surface area (Å²) in [4.78, 5) is 10.1. The summed E-state index contributed by atoms with van der Waals surface area (Å²) in [5.41, 5.74) is 0. The number of rotatable bonds is 6. The van der Waals surface area contributed by atoms with Gasteiger partial charge in [0.05, 0.1) is 19.8 Å². The fourth-order valence-electron chi connectivity index (χ4n) is 3.42. The number of thioether (sulfide) groups is 1. The Labute approximate surface area is 152 Å². The Hall–Kier alpha value is -0.460. The van der Waals surface area contributed by atoms with Crippen molar-refractivity contribution in [3.8, 4) is 0 Å². The molecule has 2 aliphatic rings. The van der Waals surface area contributed by atoms with E-state index >= 15 is 0 Å². The van der Waals surface area contributed by atoms with Gasteiger partial charge in [0.1, 0.15) is 0 Å². The third-order valence-corrected chi connectivity index (χ3v) is 6.31. The van der Waals surface area contributed by atoms with Crippen molar-refractivity contribution in [1.82, 2.24) is 15.1 Å².